The molecule has 1 saturated heterocycles. The van der Waals surface area contributed by atoms with Gasteiger partial charge in [0.15, 0.2) is 6.29 Å². The van der Waals surface area contributed by atoms with E-state index in [0.29, 0.717) is 6.61 Å². The van der Waals surface area contributed by atoms with Gasteiger partial charge in [-0.15, -0.1) is 6.58 Å². The first-order valence-electron chi connectivity index (χ1n) is 9.88. The molecular formula is C23H21BrF6O2. The summed E-state index contributed by atoms with van der Waals surface area (Å²) < 4.78 is 90.9. The third-order valence-corrected chi connectivity index (χ3v) is 5.84. The van der Waals surface area contributed by atoms with E-state index in [9.17, 15) is 26.3 Å². The Balaban J connectivity index is 1.77. The molecule has 0 bridgehead atoms. The first-order valence-corrected chi connectivity index (χ1v) is 10.7. The van der Waals surface area contributed by atoms with Crippen LogP contribution in [0, 0.1) is 5.92 Å². The van der Waals surface area contributed by atoms with E-state index in [1.807, 2.05) is 30.3 Å². The van der Waals surface area contributed by atoms with Crippen molar-refractivity contribution >= 4 is 15.9 Å². The molecule has 3 rings (SSSR count). The van der Waals surface area contributed by atoms with Crippen molar-refractivity contribution in [2.24, 2.45) is 5.92 Å². The number of rotatable bonds is 6. The molecule has 0 N–H and O–H groups in total. The molecule has 0 spiro atoms. The fourth-order valence-corrected chi connectivity index (χ4v) is 4.21. The van der Waals surface area contributed by atoms with E-state index in [1.54, 1.807) is 0 Å². The standard InChI is InChI=1S/C23H21BrF6O2/c1-2-15-7-9-32-21(20(15)16-4-3-5-19(24)12-16)31-8-6-14-10-17(22(25,26)27)13-18(11-14)23(28,29)30/h2-5,10-13,15,20-21H,1,6-9H2/t15-,20-,21+/m1/s1. The molecule has 1 aliphatic heterocycles. The average Bonchev–Trinajstić information content (AvgIpc) is 2.72. The second-order valence-corrected chi connectivity index (χ2v) is 8.46. The summed E-state index contributed by atoms with van der Waals surface area (Å²) in [6.45, 7) is 4.19. The lowest BCUT2D eigenvalue weighted by atomic mass is 9.82. The molecule has 2 aromatic rings. The number of alkyl halides is 6. The molecule has 0 aromatic heterocycles. The molecule has 0 radical (unpaired) electrons. The predicted octanol–water partition coefficient (Wildman–Crippen LogP) is 7.38. The summed E-state index contributed by atoms with van der Waals surface area (Å²) in [6, 6.07) is 9.14. The molecule has 1 fully saturated rings. The zero-order valence-electron chi connectivity index (χ0n) is 16.8. The van der Waals surface area contributed by atoms with Gasteiger partial charge in [0.1, 0.15) is 0 Å². The molecule has 0 aliphatic carbocycles. The van der Waals surface area contributed by atoms with Crippen LogP contribution in [0.4, 0.5) is 26.3 Å². The summed E-state index contributed by atoms with van der Waals surface area (Å²) in [6.07, 6.45) is -8.06. The molecule has 2 nitrogen and oxygen atoms in total. The van der Waals surface area contributed by atoms with Gasteiger partial charge in [0.05, 0.1) is 24.3 Å². The van der Waals surface area contributed by atoms with Crippen LogP contribution in [0.15, 0.2) is 59.6 Å². The molecule has 0 saturated carbocycles. The van der Waals surface area contributed by atoms with E-state index < -0.39 is 29.8 Å². The van der Waals surface area contributed by atoms with Gasteiger partial charge < -0.3 is 9.47 Å². The quantitative estimate of drug-likeness (QED) is 0.291. The molecule has 32 heavy (non-hydrogen) atoms. The van der Waals surface area contributed by atoms with Gasteiger partial charge in [-0.3, -0.25) is 0 Å². The third-order valence-electron chi connectivity index (χ3n) is 5.34. The molecule has 1 aliphatic rings. The summed E-state index contributed by atoms with van der Waals surface area (Å²) in [5.74, 6) is -0.153. The van der Waals surface area contributed by atoms with Crippen molar-refractivity contribution in [2.75, 3.05) is 13.2 Å². The molecule has 0 amide bonds. The lowest BCUT2D eigenvalue weighted by Gasteiger charge is -2.37. The number of ether oxygens (including phenoxy) is 2. The van der Waals surface area contributed by atoms with Crippen LogP contribution in [-0.2, 0) is 28.2 Å². The summed E-state index contributed by atoms with van der Waals surface area (Å²) in [5, 5.41) is 0. The summed E-state index contributed by atoms with van der Waals surface area (Å²) in [4.78, 5) is 0. The van der Waals surface area contributed by atoms with Crippen LogP contribution in [0.3, 0.4) is 0 Å². The normalized spacial score (nSPS) is 22.0. The van der Waals surface area contributed by atoms with Gasteiger partial charge in [0.25, 0.3) is 0 Å². The minimum Gasteiger partial charge on any atom is -0.352 e. The topological polar surface area (TPSA) is 18.5 Å². The van der Waals surface area contributed by atoms with Crippen LogP contribution in [0.1, 0.15) is 34.6 Å². The van der Waals surface area contributed by atoms with E-state index in [1.165, 1.54) is 0 Å². The van der Waals surface area contributed by atoms with E-state index in [2.05, 4.69) is 22.5 Å². The van der Waals surface area contributed by atoms with Gasteiger partial charge in [0, 0.05) is 10.4 Å². The fraction of sp³-hybridized carbons (Fsp3) is 0.391. The fourth-order valence-electron chi connectivity index (χ4n) is 3.80. The Kier molecular flexibility index (Phi) is 7.73. The van der Waals surface area contributed by atoms with Gasteiger partial charge in [0.2, 0.25) is 0 Å². The minimum absolute atomic E-state index is 0.0495. The van der Waals surface area contributed by atoms with Crippen LogP contribution in [0.25, 0.3) is 0 Å². The predicted molar refractivity (Wildman–Crippen MR) is 111 cm³/mol. The highest BCUT2D eigenvalue weighted by Gasteiger charge is 2.37. The number of allylic oxidation sites excluding steroid dienone is 1. The van der Waals surface area contributed by atoms with E-state index in [-0.39, 0.29) is 36.5 Å². The smallest absolute Gasteiger partial charge is 0.352 e. The van der Waals surface area contributed by atoms with Crippen LogP contribution < -0.4 is 0 Å². The lowest BCUT2D eigenvalue weighted by molar-refractivity contribution is -0.182. The van der Waals surface area contributed by atoms with Gasteiger partial charge in [-0.25, -0.2) is 0 Å². The van der Waals surface area contributed by atoms with E-state index >= 15 is 0 Å². The van der Waals surface area contributed by atoms with Gasteiger partial charge >= 0.3 is 12.4 Å². The second-order valence-electron chi connectivity index (χ2n) is 7.54. The van der Waals surface area contributed by atoms with Crippen molar-refractivity contribution in [1.82, 2.24) is 0 Å². The largest absolute Gasteiger partial charge is 0.416 e. The first kappa shape index (κ1) is 24.8. The van der Waals surface area contributed by atoms with Crippen molar-refractivity contribution in [3.63, 3.8) is 0 Å². The second kappa shape index (κ2) is 9.97. The number of benzene rings is 2. The maximum Gasteiger partial charge on any atom is 0.416 e. The summed E-state index contributed by atoms with van der Waals surface area (Å²) in [7, 11) is 0. The minimum atomic E-state index is -4.88. The Morgan fingerprint density at radius 3 is 2.25 bits per heavy atom. The lowest BCUT2D eigenvalue weighted by Crippen LogP contribution is -2.36. The number of halogens is 7. The highest BCUT2D eigenvalue weighted by Crippen LogP contribution is 2.39. The summed E-state index contributed by atoms with van der Waals surface area (Å²) >= 11 is 3.43. The van der Waals surface area contributed by atoms with Crippen LogP contribution >= 0.6 is 15.9 Å². The van der Waals surface area contributed by atoms with Crippen molar-refractivity contribution in [3.8, 4) is 0 Å². The number of hydrogen-bond donors (Lipinski definition) is 0. The van der Waals surface area contributed by atoms with Crippen molar-refractivity contribution in [2.45, 2.75) is 37.4 Å². The van der Waals surface area contributed by atoms with Crippen molar-refractivity contribution in [1.29, 1.82) is 0 Å². The first-order chi connectivity index (χ1) is 15.0. The maximum absolute atomic E-state index is 13.1. The van der Waals surface area contributed by atoms with Crippen LogP contribution in [0.5, 0.6) is 0 Å². The van der Waals surface area contributed by atoms with Crippen molar-refractivity contribution < 1.29 is 35.8 Å². The molecular weight excluding hydrogens is 502 g/mol. The highest BCUT2D eigenvalue weighted by atomic mass is 79.9. The molecule has 0 unspecified atom stereocenters. The zero-order valence-corrected chi connectivity index (χ0v) is 18.4. The molecule has 174 valence electrons. The maximum atomic E-state index is 13.1. The molecule has 9 heteroatoms. The van der Waals surface area contributed by atoms with Gasteiger partial charge in [-0.1, -0.05) is 34.1 Å². The SMILES string of the molecule is C=C[C@@H]1CCO[C@H](OCCc2cc(C(F)(F)F)cc(C(F)(F)F)c2)[C@H]1c1cccc(Br)c1. The van der Waals surface area contributed by atoms with E-state index in [0.717, 1.165) is 28.6 Å². The molecule has 3 atom stereocenters. The average molecular weight is 523 g/mol. The zero-order chi connectivity index (χ0) is 23.5. The third kappa shape index (κ3) is 6.14. The summed E-state index contributed by atoms with van der Waals surface area (Å²) in [5.41, 5.74) is -1.85. The highest BCUT2D eigenvalue weighted by molar-refractivity contribution is 9.10. The van der Waals surface area contributed by atoms with Crippen LogP contribution in [-0.4, -0.2) is 19.5 Å². The Morgan fingerprint density at radius 1 is 1.03 bits per heavy atom. The monoisotopic (exact) mass is 522 g/mol. The van der Waals surface area contributed by atoms with Crippen molar-refractivity contribution in [3.05, 3.63) is 81.8 Å². The Morgan fingerprint density at radius 2 is 1.69 bits per heavy atom. The Hall–Kier alpha value is -1.84. The Bertz CT molecular complexity index is 909. The van der Waals surface area contributed by atoms with Gasteiger partial charge in [-0.2, -0.15) is 26.3 Å². The van der Waals surface area contributed by atoms with Gasteiger partial charge in [-0.05, 0) is 60.2 Å². The number of hydrogen-bond acceptors (Lipinski definition) is 2. The van der Waals surface area contributed by atoms with E-state index in [4.69, 9.17) is 9.47 Å². The Labute approximate surface area is 190 Å². The van der Waals surface area contributed by atoms with Crippen LogP contribution in [0.2, 0.25) is 0 Å². The molecule has 2 aromatic carbocycles. The molecule has 1 heterocycles.